The Balaban J connectivity index is 2.51. The van der Waals surface area contributed by atoms with Gasteiger partial charge in [-0.05, 0) is 24.5 Å². The summed E-state index contributed by atoms with van der Waals surface area (Å²) >= 11 is 1.37. The average Bonchev–Trinajstić information content (AvgIpc) is 2.59. The molecule has 1 atom stereocenters. The molecule has 0 aliphatic rings. The Labute approximate surface area is 76.7 Å². The van der Waals surface area contributed by atoms with Crippen LogP contribution in [0.5, 0.6) is 0 Å². The van der Waals surface area contributed by atoms with Crippen molar-refractivity contribution in [3.63, 3.8) is 0 Å². The summed E-state index contributed by atoms with van der Waals surface area (Å²) in [5.41, 5.74) is 0.962. The van der Waals surface area contributed by atoms with E-state index in [0.29, 0.717) is 0 Å². The maximum absolute atomic E-state index is 3.98. The predicted octanol–water partition coefficient (Wildman–Crippen LogP) is 1.76. The molecule has 0 aliphatic heterocycles. The Kier molecular flexibility index (Phi) is 3.90. The molecule has 0 saturated heterocycles. The van der Waals surface area contributed by atoms with E-state index >= 15 is 0 Å². The van der Waals surface area contributed by atoms with Crippen molar-refractivity contribution in [3.05, 3.63) is 23.7 Å². The quantitative estimate of drug-likeness (QED) is 0.707. The van der Waals surface area contributed by atoms with Crippen molar-refractivity contribution >= 4 is 11.5 Å². The third kappa shape index (κ3) is 2.39. The van der Waals surface area contributed by atoms with Crippen LogP contribution in [0.4, 0.5) is 0 Å². The smallest absolute Gasteiger partial charge is 0.0963 e. The molecule has 1 aromatic rings. The van der Waals surface area contributed by atoms with Gasteiger partial charge in [0, 0.05) is 5.38 Å². The Morgan fingerprint density at radius 3 is 3.17 bits per heavy atom. The van der Waals surface area contributed by atoms with Crippen LogP contribution in [0.1, 0.15) is 25.1 Å². The maximum Gasteiger partial charge on any atom is 0.0963 e. The first-order valence-corrected chi connectivity index (χ1v) is 4.85. The highest BCUT2D eigenvalue weighted by molar-refractivity contribution is 7.03. The van der Waals surface area contributed by atoms with Gasteiger partial charge >= 0.3 is 0 Å². The van der Waals surface area contributed by atoms with Gasteiger partial charge in [0.15, 0.2) is 0 Å². The molecule has 0 aromatic carbocycles. The summed E-state index contributed by atoms with van der Waals surface area (Å²) in [6, 6.07) is 0.156. The highest BCUT2D eigenvalue weighted by atomic mass is 32.1. The highest BCUT2D eigenvalue weighted by Gasteiger charge is 2.07. The molecule has 1 aromatic heterocycles. The number of aromatic nitrogens is 2. The van der Waals surface area contributed by atoms with E-state index in [1.807, 2.05) is 11.5 Å². The molecule has 0 radical (unpaired) electrons. The first kappa shape index (κ1) is 9.35. The van der Waals surface area contributed by atoms with Crippen LogP contribution in [-0.2, 0) is 0 Å². The molecule has 3 nitrogen and oxygen atoms in total. The Morgan fingerprint density at radius 2 is 2.67 bits per heavy atom. The Morgan fingerprint density at radius 1 is 1.83 bits per heavy atom. The van der Waals surface area contributed by atoms with E-state index in [0.717, 1.165) is 18.7 Å². The van der Waals surface area contributed by atoms with Gasteiger partial charge in [0.25, 0.3) is 0 Å². The summed E-state index contributed by atoms with van der Waals surface area (Å²) in [7, 11) is 0. The van der Waals surface area contributed by atoms with E-state index in [1.54, 1.807) is 0 Å². The van der Waals surface area contributed by atoms with E-state index in [-0.39, 0.29) is 6.04 Å². The topological polar surface area (TPSA) is 37.8 Å². The summed E-state index contributed by atoms with van der Waals surface area (Å²) < 4.78 is 3.80. The highest BCUT2D eigenvalue weighted by Crippen LogP contribution is 2.11. The van der Waals surface area contributed by atoms with Crippen molar-refractivity contribution < 1.29 is 0 Å². The molecule has 4 heteroatoms. The molecule has 1 unspecified atom stereocenters. The van der Waals surface area contributed by atoms with Crippen LogP contribution in [0.3, 0.4) is 0 Å². The minimum Gasteiger partial charge on any atom is -0.305 e. The lowest BCUT2D eigenvalue weighted by Crippen LogP contribution is -2.20. The van der Waals surface area contributed by atoms with Gasteiger partial charge in [-0.25, -0.2) is 0 Å². The number of rotatable bonds is 5. The van der Waals surface area contributed by atoms with Gasteiger partial charge in [0.05, 0.1) is 11.7 Å². The van der Waals surface area contributed by atoms with Gasteiger partial charge in [-0.3, -0.25) is 0 Å². The van der Waals surface area contributed by atoms with Crippen molar-refractivity contribution in [1.82, 2.24) is 14.9 Å². The molecule has 66 valence electrons. The lowest BCUT2D eigenvalue weighted by Gasteiger charge is -2.09. The van der Waals surface area contributed by atoms with E-state index in [2.05, 4.69) is 28.4 Å². The average molecular weight is 183 g/mol. The van der Waals surface area contributed by atoms with E-state index in [9.17, 15) is 0 Å². The number of nitrogens with zero attached hydrogens (tertiary/aromatic N) is 2. The number of hydrogen-bond donors (Lipinski definition) is 1. The molecule has 0 aliphatic carbocycles. The fourth-order valence-corrected chi connectivity index (χ4v) is 1.41. The predicted molar refractivity (Wildman–Crippen MR) is 51.1 cm³/mol. The van der Waals surface area contributed by atoms with Gasteiger partial charge < -0.3 is 5.32 Å². The molecular formula is C8H13N3S. The van der Waals surface area contributed by atoms with E-state index in [1.165, 1.54) is 11.5 Å². The molecule has 0 amide bonds. The van der Waals surface area contributed by atoms with Crippen LogP contribution in [0.25, 0.3) is 0 Å². The first-order chi connectivity index (χ1) is 5.88. The standard InChI is InChI=1S/C8H13N3S/c1-3-5-9-7(4-2)8-6-12-11-10-8/h4,6-7,9H,2-3,5H2,1H3. The largest absolute Gasteiger partial charge is 0.305 e. The second kappa shape index (κ2) is 5.00. The maximum atomic E-state index is 3.98. The molecule has 1 N–H and O–H groups in total. The number of nitrogens with one attached hydrogen (secondary N) is 1. The zero-order valence-electron chi connectivity index (χ0n) is 7.16. The monoisotopic (exact) mass is 183 g/mol. The molecule has 0 fully saturated rings. The summed E-state index contributed by atoms with van der Waals surface area (Å²) in [6.45, 7) is 6.86. The van der Waals surface area contributed by atoms with Crippen LogP contribution < -0.4 is 5.32 Å². The van der Waals surface area contributed by atoms with Gasteiger partial charge in [0.1, 0.15) is 0 Å². The summed E-state index contributed by atoms with van der Waals surface area (Å²) in [4.78, 5) is 0. The summed E-state index contributed by atoms with van der Waals surface area (Å²) in [5, 5.41) is 9.22. The fourth-order valence-electron chi connectivity index (χ4n) is 0.916. The van der Waals surface area contributed by atoms with Crippen molar-refractivity contribution in [3.8, 4) is 0 Å². The first-order valence-electron chi connectivity index (χ1n) is 4.01. The van der Waals surface area contributed by atoms with Crippen LogP contribution in [0, 0.1) is 0 Å². The van der Waals surface area contributed by atoms with Crippen LogP contribution >= 0.6 is 11.5 Å². The minimum atomic E-state index is 0.156. The van der Waals surface area contributed by atoms with Crippen LogP contribution in [-0.4, -0.2) is 16.1 Å². The minimum absolute atomic E-state index is 0.156. The normalized spacial score (nSPS) is 12.8. The SMILES string of the molecule is C=CC(NCCC)c1csnn1. The molecule has 1 heterocycles. The van der Waals surface area contributed by atoms with Gasteiger partial charge in [-0.2, -0.15) is 0 Å². The van der Waals surface area contributed by atoms with Crippen LogP contribution in [0.2, 0.25) is 0 Å². The number of hydrogen-bond acceptors (Lipinski definition) is 4. The van der Waals surface area contributed by atoms with Gasteiger partial charge in [0.2, 0.25) is 0 Å². The molecule has 12 heavy (non-hydrogen) atoms. The zero-order valence-corrected chi connectivity index (χ0v) is 7.97. The van der Waals surface area contributed by atoms with E-state index in [4.69, 9.17) is 0 Å². The van der Waals surface area contributed by atoms with Gasteiger partial charge in [-0.1, -0.05) is 17.5 Å². The zero-order chi connectivity index (χ0) is 8.81. The van der Waals surface area contributed by atoms with Crippen molar-refractivity contribution in [2.24, 2.45) is 0 Å². The van der Waals surface area contributed by atoms with Gasteiger partial charge in [-0.15, -0.1) is 11.7 Å². The van der Waals surface area contributed by atoms with Crippen LogP contribution in [0.15, 0.2) is 18.0 Å². The Bertz CT molecular complexity index is 220. The van der Waals surface area contributed by atoms with E-state index < -0.39 is 0 Å². The Hall–Kier alpha value is -0.740. The molecular weight excluding hydrogens is 170 g/mol. The lowest BCUT2D eigenvalue weighted by molar-refractivity contribution is 0.600. The molecule has 0 saturated carbocycles. The second-order valence-corrected chi connectivity index (χ2v) is 3.11. The third-order valence-electron chi connectivity index (χ3n) is 1.55. The van der Waals surface area contributed by atoms with Crippen molar-refractivity contribution in [2.45, 2.75) is 19.4 Å². The van der Waals surface area contributed by atoms with Crippen molar-refractivity contribution in [1.29, 1.82) is 0 Å². The summed E-state index contributed by atoms with van der Waals surface area (Å²) in [5.74, 6) is 0. The molecule has 0 bridgehead atoms. The molecule has 0 spiro atoms. The second-order valence-electron chi connectivity index (χ2n) is 2.50. The fraction of sp³-hybridized carbons (Fsp3) is 0.500. The molecule has 1 rings (SSSR count). The summed E-state index contributed by atoms with van der Waals surface area (Å²) in [6.07, 6.45) is 2.97. The van der Waals surface area contributed by atoms with Crippen molar-refractivity contribution in [2.75, 3.05) is 6.54 Å². The third-order valence-corrected chi connectivity index (χ3v) is 2.07. The lowest BCUT2D eigenvalue weighted by atomic mass is 10.2.